The second-order valence-corrected chi connectivity index (χ2v) is 9.18. The second kappa shape index (κ2) is 8.25. The number of benzene rings is 1. The zero-order valence-corrected chi connectivity index (χ0v) is 17.3. The Balaban J connectivity index is 0.00000243. The first-order valence-corrected chi connectivity index (χ1v) is 10.7. The maximum atomic E-state index is 13.0. The molecule has 0 saturated carbocycles. The standard InChI is InChI=1S/C18H27N3O3S.ClH/c1-13-10-16(25(3,23)24)11-17(14(13)2)18(22)21-7-4-15(12-21)20-8-5-19-6-9-20;/h10-11,15,19H,4-9,12H2,1-3H3;1H. The molecule has 1 aromatic rings. The van der Waals surface area contributed by atoms with Gasteiger partial charge in [0.05, 0.1) is 4.90 Å². The van der Waals surface area contributed by atoms with Crippen LogP contribution in [0.15, 0.2) is 17.0 Å². The molecule has 1 N–H and O–H groups in total. The summed E-state index contributed by atoms with van der Waals surface area (Å²) >= 11 is 0. The molecule has 0 bridgehead atoms. The first-order chi connectivity index (χ1) is 11.8. The minimum Gasteiger partial charge on any atom is -0.337 e. The van der Waals surface area contributed by atoms with Crippen molar-refractivity contribution in [3.8, 4) is 0 Å². The van der Waals surface area contributed by atoms with Gasteiger partial charge in [0.2, 0.25) is 0 Å². The lowest BCUT2D eigenvalue weighted by atomic mass is 10.0. The zero-order valence-electron chi connectivity index (χ0n) is 15.6. The van der Waals surface area contributed by atoms with Crippen molar-refractivity contribution < 1.29 is 13.2 Å². The lowest BCUT2D eigenvalue weighted by Gasteiger charge is -2.32. The minimum absolute atomic E-state index is 0. The Labute approximate surface area is 162 Å². The Morgan fingerprint density at radius 3 is 2.42 bits per heavy atom. The van der Waals surface area contributed by atoms with E-state index in [1.807, 2.05) is 18.7 Å². The molecule has 2 aliphatic rings. The smallest absolute Gasteiger partial charge is 0.254 e. The number of sulfone groups is 1. The van der Waals surface area contributed by atoms with Crippen molar-refractivity contribution in [2.24, 2.45) is 0 Å². The summed E-state index contributed by atoms with van der Waals surface area (Å²) in [5, 5.41) is 3.35. The molecule has 2 saturated heterocycles. The summed E-state index contributed by atoms with van der Waals surface area (Å²) in [4.78, 5) is 17.6. The fourth-order valence-corrected chi connectivity index (χ4v) is 4.43. The van der Waals surface area contributed by atoms with Crippen LogP contribution < -0.4 is 5.32 Å². The van der Waals surface area contributed by atoms with Gasteiger partial charge in [0.25, 0.3) is 5.91 Å². The summed E-state index contributed by atoms with van der Waals surface area (Å²) in [5.41, 5.74) is 2.22. The number of aryl methyl sites for hydroxylation is 1. The van der Waals surface area contributed by atoms with Crippen molar-refractivity contribution in [1.82, 2.24) is 15.1 Å². The van der Waals surface area contributed by atoms with Gasteiger partial charge in [-0.2, -0.15) is 0 Å². The lowest BCUT2D eigenvalue weighted by Crippen LogP contribution is -2.49. The van der Waals surface area contributed by atoms with Crippen molar-refractivity contribution in [2.75, 3.05) is 45.5 Å². The van der Waals surface area contributed by atoms with Crippen LogP contribution in [0.1, 0.15) is 27.9 Å². The molecule has 2 fully saturated rings. The molecule has 3 rings (SSSR count). The van der Waals surface area contributed by atoms with E-state index in [2.05, 4.69) is 10.2 Å². The number of likely N-dealkylation sites (tertiary alicyclic amines) is 1. The summed E-state index contributed by atoms with van der Waals surface area (Å²) in [6.07, 6.45) is 2.16. The molecular formula is C18H28ClN3O3S. The maximum absolute atomic E-state index is 13.0. The van der Waals surface area contributed by atoms with Gasteiger partial charge in [0.15, 0.2) is 9.84 Å². The van der Waals surface area contributed by atoms with E-state index in [-0.39, 0.29) is 23.2 Å². The highest BCUT2D eigenvalue weighted by Gasteiger charge is 2.32. The molecule has 0 spiro atoms. The van der Waals surface area contributed by atoms with E-state index in [4.69, 9.17) is 0 Å². The van der Waals surface area contributed by atoms with Crippen LogP contribution in [0.5, 0.6) is 0 Å². The molecule has 0 radical (unpaired) electrons. The number of nitrogens with one attached hydrogen (secondary N) is 1. The SMILES string of the molecule is Cc1cc(S(C)(=O)=O)cc(C(=O)N2CCC(N3CCNCC3)C2)c1C.Cl. The fourth-order valence-electron chi connectivity index (χ4n) is 3.70. The van der Waals surface area contributed by atoms with E-state index in [1.54, 1.807) is 6.07 Å². The third-order valence-corrected chi connectivity index (χ3v) is 6.51. The summed E-state index contributed by atoms with van der Waals surface area (Å²) < 4.78 is 23.8. The minimum atomic E-state index is -3.34. The average Bonchev–Trinajstić information content (AvgIpc) is 3.06. The van der Waals surface area contributed by atoms with Crippen molar-refractivity contribution in [1.29, 1.82) is 0 Å². The van der Waals surface area contributed by atoms with Crippen LogP contribution in [0.25, 0.3) is 0 Å². The highest BCUT2D eigenvalue weighted by atomic mass is 35.5. The number of carbonyl (C=O) groups is 1. The van der Waals surface area contributed by atoms with Crippen molar-refractivity contribution in [3.63, 3.8) is 0 Å². The third-order valence-electron chi connectivity index (χ3n) is 5.42. The number of carbonyl (C=O) groups excluding carboxylic acids is 1. The van der Waals surface area contributed by atoms with Gasteiger partial charge in [-0.25, -0.2) is 8.42 Å². The fraction of sp³-hybridized carbons (Fsp3) is 0.611. The van der Waals surface area contributed by atoms with Gasteiger partial charge in [-0.3, -0.25) is 9.69 Å². The van der Waals surface area contributed by atoms with Crippen LogP contribution >= 0.6 is 12.4 Å². The van der Waals surface area contributed by atoms with Crippen molar-refractivity contribution >= 4 is 28.2 Å². The van der Waals surface area contributed by atoms with Crippen LogP contribution in [0.4, 0.5) is 0 Å². The van der Waals surface area contributed by atoms with Gasteiger partial charge >= 0.3 is 0 Å². The monoisotopic (exact) mass is 401 g/mol. The molecule has 0 aliphatic carbocycles. The normalized spacial score (nSPS) is 21.5. The Morgan fingerprint density at radius 1 is 1.15 bits per heavy atom. The number of rotatable bonds is 3. The molecule has 1 amide bonds. The van der Waals surface area contributed by atoms with Crippen molar-refractivity contribution in [2.45, 2.75) is 31.2 Å². The average molecular weight is 402 g/mol. The molecule has 1 atom stereocenters. The van der Waals surface area contributed by atoms with E-state index >= 15 is 0 Å². The van der Waals surface area contributed by atoms with E-state index in [9.17, 15) is 13.2 Å². The van der Waals surface area contributed by atoms with Crippen LogP contribution in [-0.4, -0.2) is 75.7 Å². The molecule has 6 nitrogen and oxygen atoms in total. The van der Waals surface area contributed by atoms with E-state index in [0.717, 1.165) is 56.8 Å². The highest BCUT2D eigenvalue weighted by Crippen LogP contribution is 2.24. The molecular weight excluding hydrogens is 374 g/mol. The van der Waals surface area contributed by atoms with E-state index in [1.165, 1.54) is 12.3 Å². The number of nitrogens with zero attached hydrogens (tertiary/aromatic N) is 2. The number of piperazine rings is 1. The molecule has 1 aromatic carbocycles. The second-order valence-electron chi connectivity index (χ2n) is 7.16. The molecule has 2 heterocycles. The number of hydrogen-bond donors (Lipinski definition) is 1. The largest absolute Gasteiger partial charge is 0.337 e. The topological polar surface area (TPSA) is 69.7 Å². The van der Waals surface area contributed by atoms with Gasteiger partial charge in [0, 0.05) is 57.1 Å². The number of halogens is 1. The Morgan fingerprint density at radius 2 is 1.81 bits per heavy atom. The van der Waals surface area contributed by atoms with Crippen LogP contribution in [0.2, 0.25) is 0 Å². The van der Waals surface area contributed by atoms with Gasteiger partial charge in [0.1, 0.15) is 0 Å². The Kier molecular flexibility index (Phi) is 6.71. The van der Waals surface area contributed by atoms with Gasteiger partial charge in [-0.1, -0.05) is 0 Å². The molecule has 8 heteroatoms. The van der Waals surface area contributed by atoms with Crippen LogP contribution in [-0.2, 0) is 9.84 Å². The Hall–Kier alpha value is -1.15. The summed E-state index contributed by atoms with van der Waals surface area (Å²) in [6, 6.07) is 3.60. The quantitative estimate of drug-likeness (QED) is 0.825. The van der Waals surface area contributed by atoms with Crippen LogP contribution in [0.3, 0.4) is 0 Å². The lowest BCUT2D eigenvalue weighted by molar-refractivity contribution is 0.0772. The first-order valence-electron chi connectivity index (χ1n) is 8.82. The predicted molar refractivity (Wildman–Crippen MR) is 105 cm³/mol. The molecule has 26 heavy (non-hydrogen) atoms. The number of hydrogen-bond acceptors (Lipinski definition) is 5. The van der Waals surface area contributed by atoms with Crippen molar-refractivity contribution in [3.05, 3.63) is 28.8 Å². The van der Waals surface area contributed by atoms with Gasteiger partial charge in [-0.15, -0.1) is 12.4 Å². The predicted octanol–water partition coefficient (Wildman–Crippen LogP) is 1.25. The summed E-state index contributed by atoms with van der Waals surface area (Å²) in [5.74, 6) is -0.0521. The summed E-state index contributed by atoms with van der Waals surface area (Å²) in [6.45, 7) is 9.24. The highest BCUT2D eigenvalue weighted by molar-refractivity contribution is 7.90. The van der Waals surface area contributed by atoms with Gasteiger partial charge < -0.3 is 10.2 Å². The molecule has 1 unspecified atom stereocenters. The third kappa shape index (κ3) is 4.39. The molecule has 0 aromatic heterocycles. The molecule has 2 aliphatic heterocycles. The summed E-state index contributed by atoms with van der Waals surface area (Å²) in [7, 11) is -3.34. The maximum Gasteiger partial charge on any atom is 0.254 e. The number of amides is 1. The molecule has 146 valence electrons. The van der Waals surface area contributed by atoms with Gasteiger partial charge in [-0.05, 0) is 43.5 Å². The first kappa shape index (κ1) is 21.2. The van der Waals surface area contributed by atoms with Crippen LogP contribution in [0, 0.1) is 13.8 Å². The Bertz CT molecular complexity index is 776. The zero-order chi connectivity index (χ0) is 18.2. The van der Waals surface area contributed by atoms with E-state index in [0.29, 0.717) is 11.6 Å². The van der Waals surface area contributed by atoms with E-state index < -0.39 is 9.84 Å².